The summed E-state index contributed by atoms with van der Waals surface area (Å²) in [6.07, 6.45) is 0. The third-order valence-corrected chi connectivity index (χ3v) is 8.02. The van der Waals surface area contributed by atoms with Crippen LogP contribution < -0.4 is 14.4 Å². The third-order valence-electron chi connectivity index (χ3n) is 6.10. The number of carbonyl (C=O) groups excluding carboxylic acids is 2. The number of ketones is 1. The van der Waals surface area contributed by atoms with E-state index in [9.17, 15) is 14.7 Å². The van der Waals surface area contributed by atoms with Gasteiger partial charge >= 0.3 is 5.91 Å². The Morgan fingerprint density at radius 1 is 1.09 bits per heavy atom. The maximum Gasteiger partial charge on any atom is 0.301 e. The first-order valence-corrected chi connectivity index (χ1v) is 12.7. The Balaban J connectivity index is 1.53. The number of hydrogen-bond acceptors (Lipinski definition) is 8. The molecule has 0 bridgehead atoms. The van der Waals surface area contributed by atoms with Crippen molar-refractivity contribution < 1.29 is 24.2 Å². The Morgan fingerprint density at radius 3 is 2.66 bits per heavy atom. The lowest BCUT2D eigenvalue weighted by Gasteiger charge is -2.22. The number of aryl methyl sites for hydroxylation is 2. The van der Waals surface area contributed by atoms with Crippen LogP contribution in [0.15, 0.2) is 53.4 Å². The van der Waals surface area contributed by atoms with Crippen molar-refractivity contribution >= 4 is 55.5 Å². The first-order chi connectivity index (χ1) is 16.9. The van der Waals surface area contributed by atoms with Crippen molar-refractivity contribution in [2.24, 2.45) is 0 Å². The van der Waals surface area contributed by atoms with Crippen molar-refractivity contribution in [2.75, 3.05) is 18.1 Å². The molecule has 6 rings (SSSR count). The van der Waals surface area contributed by atoms with Crippen LogP contribution in [0.3, 0.4) is 0 Å². The molecule has 9 heteroatoms. The number of carbonyl (C=O) groups is 2. The highest BCUT2D eigenvalue weighted by molar-refractivity contribution is 7.22. The average Bonchev–Trinajstić information content (AvgIpc) is 3.57. The first-order valence-electron chi connectivity index (χ1n) is 11.0. The minimum Gasteiger partial charge on any atom is -0.507 e. The fourth-order valence-corrected chi connectivity index (χ4v) is 6.55. The van der Waals surface area contributed by atoms with Gasteiger partial charge < -0.3 is 14.6 Å². The van der Waals surface area contributed by atoms with E-state index in [1.165, 1.54) is 27.6 Å². The summed E-state index contributed by atoms with van der Waals surface area (Å²) in [5, 5.41) is 13.6. The summed E-state index contributed by atoms with van der Waals surface area (Å²) in [5.41, 5.74) is 3.31. The molecule has 176 valence electrons. The minimum absolute atomic E-state index is 0.0290. The number of thiazole rings is 1. The van der Waals surface area contributed by atoms with E-state index in [0.717, 1.165) is 26.2 Å². The van der Waals surface area contributed by atoms with E-state index in [4.69, 9.17) is 14.5 Å². The molecule has 2 aromatic carbocycles. The second-order valence-electron chi connectivity index (χ2n) is 8.47. The molecule has 1 atom stereocenters. The van der Waals surface area contributed by atoms with E-state index < -0.39 is 17.7 Å². The molecular formula is C26H20N2O5S2. The van der Waals surface area contributed by atoms with E-state index in [1.807, 2.05) is 43.5 Å². The molecule has 7 nitrogen and oxygen atoms in total. The van der Waals surface area contributed by atoms with Crippen LogP contribution in [0.1, 0.15) is 27.6 Å². The molecule has 0 saturated carbocycles. The number of fused-ring (bicyclic) bond motifs is 2. The SMILES string of the molecule is Cc1cc(C)c2nc(N3C(=O)C(=O)/C(=C(/O)c4ccc5c(c4)OCCO5)C3c3cccs3)sc2c1. The molecule has 0 spiro atoms. The Kier molecular flexibility index (Phi) is 5.12. The summed E-state index contributed by atoms with van der Waals surface area (Å²) in [5.74, 6) is -0.657. The second-order valence-corrected chi connectivity index (χ2v) is 10.5. The maximum atomic E-state index is 13.4. The van der Waals surface area contributed by atoms with Crippen molar-refractivity contribution in [1.29, 1.82) is 0 Å². The fourth-order valence-electron chi connectivity index (χ4n) is 4.55. The highest BCUT2D eigenvalue weighted by Crippen LogP contribution is 2.46. The minimum atomic E-state index is -0.787. The van der Waals surface area contributed by atoms with Crippen LogP contribution >= 0.6 is 22.7 Å². The van der Waals surface area contributed by atoms with Crippen molar-refractivity contribution in [3.05, 3.63) is 75.0 Å². The summed E-state index contributed by atoms with van der Waals surface area (Å²) < 4.78 is 12.1. The second kappa shape index (κ2) is 8.21. The standard InChI is InChI=1S/C26H20N2O5S2/c1-13-10-14(2)21-19(11-13)35-26(27-21)28-22(18-4-3-9-34-18)20(24(30)25(28)31)23(29)15-5-6-16-17(12-15)33-8-7-32-16/h3-6,9-12,22,29H,7-8H2,1-2H3/b23-20+. The van der Waals surface area contributed by atoms with E-state index in [0.29, 0.717) is 35.4 Å². The Labute approximate surface area is 208 Å². The van der Waals surface area contributed by atoms with Crippen molar-refractivity contribution in [3.63, 3.8) is 0 Å². The molecule has 4 heterocycles. The quantitative estimate of drug-likeness (QED) is 0.229. The highest BCUT2D eigenvalue weighted by Gasteiger charge is 2.48. The van der Waals surface area contributed by atoms with Crippen molar-refractivity contribution in [3.8, 4) is 11.5 Å². The monoisotopic (exact) mass is 504 g/mol. The van der Waals surface area contributed by atoms with Gasteiger partial charge in [0, 0.05) is 10.4 Å². The van der Waals surface area contributed by atoms with E-state index in [-0.39, 0.29) is 11.3 Å². The predicted octanol–water partition coefficient (Wildman–Crippen LogP) is 5.37. The van der Waals surface area contributed by atoms with Crippen LogP contribution in [-0.2, 0) is 9.59 Å². The molecular weight excluding hydrogens is 484 g/mol. The molecule has 1 amide bonds. The van der Waals surface area contributed by atoms with Crippen LogP contribution in [0.5, 0.6) is 11.5 Å². The van der Waals surface area contributed by atoms with E-state index in [2.05, 4.69) is 0 Å². The lowest BCUT2D eigenvalue weighted by atomic mass is 9.99. The third kappa shape index (κ3) is 3.50. The summed E-state index contributed by atoms with van der Waals surface area (Å²) in [4.78, 5) is 33.6. The van der Waals surface area contributed by atoms with Crippen LogP contribution in [0.4, 0.5) is 5.13 Å². The smallest absolute Gasteiger partial charge is 0.301 e. The van der Waals surface area contributed by atoms with Crippen molar-refractivity contribution in [1.82, 2.24) is 4.98 Å². The molecule has 1 unspecified atom stereocenters. The zero-order valence-corrected chi connectivity index (χ0v) is 20.5. The number of ether oxygens (including phenoxy) is 2. The van der Waals surface area contributed by atoms with E-state index in [1.54, 1.807) is 18.2 Å². The number of anilines is 1. The maximum absolute atomic E-state index is 13.4. The molecule has 0 aliphatic carbocycles. The number of rotatable bonds is 3. The first kappa shape index (κ1) is 21.8. The number of aliphatic hydroxyl groups is 1. The number of aromatic nitrogens is 1. The molecule has 2 aliphatic heterocycles. The molecule has 2 aromatic heterocycles. The summed E-state index contributed by atoms with van der Waals surface area (Å²) in [7, 11) is 0. The van der Waals surface area contributed by atoms with Gasteiger partial charge in [0.2, 0.25) is 0 Å². The number of hydrogen-bond donors (Lipinski definition) is 1. The Morgan fingerprint density at radius 2 is 1.89 bits per heavy atom. The van der Waals surface area contributed by atoms with E-state index >= 15 is 0 Å². The number of aliphatic hydroxyl groups excluding tert-OH is 1. The topological polar surface area (TPSA) is 89.0 Å². The summed E-state index contributed by atoms with van der Waals surface area (Å²) in [6, 6.07) is 12.0. The molecule has 1 N–H and O–H groups in total. The molecule has 0 radical (unpaired) electrons. The van der Waals surface area contributed by atoms with Crippen LogP contribution in [-0.4, -0.2) is 35.0 Å². The zero-order chi connectivity index (χ0) is 24.3. The van der Waals surface area contributed by atoms with Crippen LogP contribution in [0, 0.1) is 13.8 Å². The van der Waals surface area contributed by atoms with Gasteiger partial charge in [0.1, 0.15) is 25.0 Å². The van der Waals surface area contributed by atoms with Gasteiger partial charge in [-0.1, -0.05) is 23.5 Å². The van der Waals surface area contributed by atoms with Gasteiger partial charge in [-0.05, 0) is 60.7 Å². The van der Waals surface area contributed by atoms with Gasteiger partial charge in [0.05, 0.1) is 15.8 Å². The van der Waals surface area contributed by atoms with Crippen LogP contribution in [0.2, 0.25) is 0 Å². The molecule has 1 fully saturated rings. The lowest BCUT2D eigenvalue weighted by Crippen LogP contribution is -2.28. The number of amides is 1. The van der Waals surface area contributed by atoms with Gasteiger partial charge in [-0.25, -0.2) is 4.98 Å². The largest absolute Gasteiger partial charge is 0.507 e. The molecule has 2 aliphatic rings. The van der Waals surface area contributed by atoms with Gasteiger partial charge in [-0.3, -0.25) is 14.5 Å². The van der Waals surface area contributed by atoms with Gasteiger partial charge in [0.15, 0.2) is 16.6 Å². The lowest BCUT2D eigenvalue weighted by molar-refractivity contribution is -0.132. The average molecular weight is 505 g/mol. The van der Waals surface area contributed by atoms with Gasteiger partial charge in [-0.15, -0.1) is 11.3 Å². The number of nitrogens with zero attached hydrogens (tertiary/aromatic N) is 2. The Bertz CT molecular complexity index is 1540. The number of benzene rings is 2. The summed E-state index contributed by atoms with van der Waals surface area (Å²) >= 11 is 2.78. The van der Waals surface area contributed by atoms with Gasteiger partial charge in [-0.2, -0.15) is 0 Å². The zero-order valence-electron chi connectivity index (χ0n) is 18.9. The number of Topliss-reactive ketones (excluding diaryl/α,β-unsaturated/α-hetero) is 1. The predicted molar refractivity (Wildman–Crippen MR) is 136 cm³/mol. The van der Waals surface area contributed by atoms with Gasteiger partial charge in [0.25, 0.3) is 5.78 Å². The highest BCUT2D eigenvalue weighted by atomic mass is 32.1. The number of thiophene rings is 1. The fraction of sp³-hybridized carbons (Fsp3) is 0.192. The molecule has 1 saturated heterocycles. The Hall–Kier alpha value is -3.69. The van der Waals surface area contributed by atoms with Crippen LogP contribution in [0.25, 0.3) is 16.0 Å². The molecule has 35 heavy (non-hydrogen) atoms. The van der Waals surface area contributed by atoms with Crippen molar-refractivity contribution in [2.45, 2.75) is 19.9 Å². The molecule has 4 aromatic rings. The normalized spacial score (nSPS) is 19.0. The summed E-state index contributed by atoms with van der Waals surface area (Å²) in [6.45, 7) is 4.83.